The van der Waals surface area contributed by atoms with Crippen molar-refractivity contribution in [3.05, 3.63) is 70.7 Å². The Labute approximate surface area is 240 Å². The van der Waals surface area contributed by atoms with Gasteiger partial charge in [-0.15, -0.1) is 0 Å². The van der Waals surface area contributed by atoms with Crippen molar-refractivity contribution in [2.75, 3.05) is 26.8 Å². The van der Waals surface area contributed by atoms with E-state index in [1.807, 2.05) is 13.0 Å². The minimum Gasteiger partial charge on any atom is -0.453 e. The molecule has 226 valence electrons. The molecule has 1 saturated heterocycles. The lowest BCUT2D eigenvalue weighted by Crippen LogP contribution is -2.46. The van der Waals surface area contributed by atoms with E-state index in [-0.39, 0.29) is 43.0 Å². The van der Waals surface area contributed by atoms with Gasteiger partial charge >= 0.3 is 12.3 Å². The van der Waals surface area contributed by atoms with Crippen LogP contribution in [0.5, 0.6) is 0 Å². The first kappa shape index (κ1) is 31.1. The Kier molecular flexibility index (Phi) is 9.34. The number of alkyl halides is 3. The molecular weight excluding hydrogens is 559 g/mol. The monoisotopic (exact) mass is 592 g/mol. The summed E-state index contributed by atoms with van der Waals surface area (Å²) in [6, 6.07) is 5.58. The first-order chi connectivity index (χ1) is 19.8. The van der Waals surface area contributed by atoms with Crippen LogP contribution >= 0.6 is 0 Å². The third-order valence-corrected chi connectivity index (χ3v) is 6.92. The first-order valence-corrected chi connectivity index (χ1v) is 13.6. The second-order valence-corrected chi connectivity index (χ2v) is 10.4. The zero-order valence-electron chi connectivity index (χ0n) is 24.1. The number of aliphatic imine (C=N–C) groups is 1. The van der Waals surface area contributed by atoms with Crippen molar-refractivity contribution >= 4 is 17.5 Å². The number of carbonyl (C=O) groups excluding carboxylic acids is 1. The highest BCUT2D eigenvalue weighted by atomic mass is 19.4. The summed E-state index contributed by atoms with van der Waals surface area (Å²) in [5.41, 5.74) is 0.0879. The summed E-state index contributed by atoms with van der Waals surface area (Å²) >= 11 is 0. The van der Waals surface area contributed by atoms with Crippen molar-refractivity contribution in [1.29, 1.82) is 0 Å². The fourth-order valence-corrected chi connectivity index (χ4v) is 4.97. The Morgan fingerprint density at radius 3 is 2.52 bits per heavy atom. The number of halogens is 5. The number of morpholine rings is 1. The van der Waals surface area contributed by atoms with Gasteiger partial charge in [0.1, 0.15) is 23.0 Å². The number of hydrogen-bond acceptors (Lipinski definition) is 5. The Morgan fingerprint density at radius 2 is 1.93 bits per heavy atom. The van der Waals surface area contributed by atoms with Gasteiger partial charge in [-0.05, 0) is 49.1 Å². The molecule has 2 aromatic heterocycles. The number of allylic oxidation sites excluding steroid dienone is 2. The van der Waals surface area contributed by atoms with E-state index in [2.05, 4.69) is 9.98 Å². The molecule has 0 spiro atoms. The van der Waals surface area contributed by atoms with E-state index in [1.54, 1.807) is 37.4 Å². The number of amides is 1. The Balaban J connectivity index is 1.82. The summed E-state index contributed by atoms with van der Waals surface area (Å²) in [4.78, 5) is 21.9. The normalized spacial score (nSPS) is 16.9. The molecule has 1 fully saturated rings. The Hall–Kier alpha value is -3.80. The van der Waals surface area contributed by atoms with E-state index in [1.165, 1.54) is 12.0 Å². The van der Waals surface area contributed by atoms with Gasteiger partial charge in [0.25, 0.3) is 0 Å². The third-order valence-electron chi connectivity index (χ3n) is 6.92. The summed E-state index contributed by atoms with van der Waals surface area (Å²) in [5.74, 6) is -2.55. The molecular formula is C30H33F5N4O3. The molecule has 0 saturated carbocycles. The number of ether oxygens (including phenoxy) is 2. The number of pyridine rings is 1. The number of carbonyl (C=O) groups is 1. The van der Waals surface area contributed by atoms with Crippen molar-refractivity contribution in [3.8, 4) is 11.3 Å². The molecule has 0 radical (unpaired) electrons. The minimum atomic E-state index is -4.72. The molecule has 0 aliphatic carbocycles. The predicted octanol–water partition coefficient (Wildman–Crippen LogP) is 6.90. The maximum absolute atomic E-state index is 15.8. The van der Waals surface area contributed by atoms with Gasteiger partial charge in [0, 0.05) is 24.7 Å². The average Bonchev–Trinajstić information content (AvgIpc) is 3.25. The molecule has 0 unspecified atom stereocenters. The second kappa shape index (κ2) is 12.6. The molecule has 3 aromatic rings. The molecule has 1 atom stereocenters. The van der Waals surface area contributed by atoms with Crippen LogP contribution in [-0.4, -0.2) is 65.2 Å². The summed E-state index contributed by atoms with van der Waals surface area (Å²) in [5, 5.41) is 0. The van der Waals surface area contributed by atoms with E-state index in [4.69, 9.17) is 9.47 Å². The quantitative estimate of drug-likeness (QED) is 0.221. The number of methoxy groups -OCH3 is 1. The van der Waals surface area contributed by atoms with Gasteiger partial charge in [-0.25, -0.2) is 23.6 Å². The average molecular weight is 593 g/mol. The van der Waals surface area contributed by atoms with E-state index in [0.717, 1.165) is 23.8 Å². The van der Waals surface area contributed by atoms with Crippen molar-refractivity contribution in [2.45, 2.75) is 52.8 Å². The van der Waals surface area contributed by atoms with Gasteiger partial charge < -0.3 is 18.8 Å². The maximum atomic E-state index is 15.8. The molecule has 1 aliphatic rings. The number of aryl methyl sites for hydroxylation is 1. The van der Waals surface area contributed by atoms with Crippen molar-refractivity contribution in [3.63, 3.8) is 0 Å². The largest absolute Gasteiger partial charge is 0.453 e. The number of hydrogen-bond donors (Lipinski definition) is 0. The van der Waals surface area contributed by atoms with Crippen LogP contribution in [0.1, 0.15) is 44.0 Å². The lowest BCUT2D eigenvalue weighted by molar-refractivity contribution is -0.0925. The Bertz CT molecular complexity index is 1500. The smallest absolute Gasteiger partial charge is 0.433 e. The molecule has 7 nitrogen and oxygen atoms in total. The number of nitrogens with zero attached hydrogens (tertiary/aromatic N) is 4. The van der Waals surface area contributed by atoms with E-state index in [9.17, 15) is 18.0 Å². The van der Waals surface area contributed by atoms with Crippen LogP contribution in [0.15, 0.2) is 47.2 Å². The summed E-state index contributed by atoms with van der Waals surface area (Å²) in [6.07, 6.45) is -2.80. The summed E-state index contributed by atoms with van der Waals surface area (Å²) in [6.45, 7) is 7.42. The van der Waals surface area contributed by atoms with Crippen LogP contribution in [0.3, 0.4) is 0 Å². The van der Waals surface area contributed by atoms with Crippen LogP contribution in [0, 0.1) is 24.5 Å². The Morgan fingerprint density at radius 1 is 1.24 bits per heavy atom. The molecule has 3 heterocycles. The summed E-state index contributed by atoms with van der Waals surface area (Å²) < 4.78 is 84.8. The molecule has 0 N–H and O–H groups in total. The SMILES string of the molecule is CC/C=C(\N=C(\c1cc(F)c(-c2nc3cc(C)ccn3c2C[C@H]2CN(C(=O)OC)CCO2)c(F)c1)C(C)C)C(F)(F)F. The molecule has 1 aliphatic heterocycles. The molecule has 4 rings (SSSR count). The van der Waals surface area contributed by atoms with E-state index < -0.39 is 47.2 Å². The number of aromatic nitrogens is 2. The van der Waals surface area contributed by atoms with Gasteiger partial charge in [0.05, 0.1) is 49.0 Å². The zero-order chi connectivity index (χ0) is 30.8. The van der Waals surface area contributed by atoms with Gasteiger partial charge in [-0.2, -0.15) is 13.2 Å². The van der Waals surface area contributed by atoms with E-state index >= 15 is 8.78 Å². The predicted molar refractivity (Wildman–Crippen MR) is 149 cm³/mol. The third kappa shape index (κ3) is 6.64. The van der Waals surface area contributed by atoms with Gasteiger partial charge in [-0.3, -0.25) is 0 Å². The first-order valence-electron chi connectivity index (χ1n) is 13.6. The highest BCUT2D eigenvalue weighted by Crippen LogP contribution is 2.34. The lowest BCUT2D eigenvalue weighted by Gasteiger charge is -2.32. The van der Waals surface area contributed by atoms with Crippen molar-refractivity contribution in [1.82, 2.24) is 14.3 Å². The van der Waals surface area contributed by atoms with Crippen molar-refractivity contribution < 1.29 is 36.2 Å². The maximum Gasteiger partial charge on any atom is 0.433 e. The fourth-order valence-electron chi connectivity index (χ4n) is 4.97. The van der Waals surface area contributed by atoms with Crippen LogP contribution in [0.25, 0.3) is 16.9 Å². The highest BCUT2D eigenvalue weighted by molar-refractivity contribution is 6.03. The lowest BCUT2D eigenvalue weighted by atomic mass is 9.96. The number of benzene rings is 1. The van der Waals surface area contributed by atoms with Crippen LogP contribution < -0.4 is 0 Å². The number of rotatable bonds is 7. The molecule has 1 aromatic carbocycles. The molecule has 1 amide bonds. The minimum absolute atomic E-state index is 0.0332. The van der Waals surface area contributed by atoms with Crippen molar-refractivity contribution in [2.24, 2.45) is 10.9 Å². The van der Waals surface area contributed by atoms with Crippen LogP contribution in [-0.2, 0) is 15.9 Å². The highest BCUT2D eigenvalue weighted by Gasteiger charge is 2.34. The summed E-state index contributed by atoms with van der Waals surface area (Å²) in [7, 11) is 1.28. The number of imidazole rings is 1. The fraction of sp³-hybridized carbons (Fsp3) is 0.433. The second-order valence-electron chi connectivity index (χ2n) is 10.4. The molecule has 42 heavy (non-hydrogen) atoms. The molecule has 0 bridgehead atoms. The van der Waals surface area contributed by atoms with Crippen LogP contribution in [0.2, 0.25) is 0 Å². The van der Waals surface area contributed by atoms with Crippen LogP contribution in [0.4, 0.5) is 26.7 Å². The standard InChI is InChI=1S/C30H33F5N4O3/c1-6-7-24(30(33,34)35)36-27(17(2)3)19-13-21(31)26(22(32)14-19)28-23(39-9-8-18(4)12-25(39)37-28)15-20-16-38(10-11-42-20)29(40)41-5/h7-9,12-14,17,20H,6,10-11,15-16H2,1-5H3/b24-7-,36-27+/t20-/m0/s1. The van der Waals surface area contributed by atoms with Gasteiger partial charge in [0.15, 0.2) is 0 Å². The van der Waals surface area contributed by atoms with E-state index in [0.29, 0.717) is 17.9 Å². The van der Waals surface area contributed by atoms with Gasteiger partial charge in [-0.1, -0.05) is 26.8 Å². The number of fused-ring (bicyclic) bond motifs is 1. The zero-order valence-corrected chi connectivity index (χ0v) is 24.1. The van der Waals surface area contributed by atoms with Gasteiger partial charge in [0.2, 0.25) is 0 Å². The molecule has 12 heteroatoms. The topological polar surface area (TPSA) is 68.4 Å².